The number of nitrogens with zero attached hydrogens (tertiary/aromatic N) is 1. The van der Waals surface area contributed by atoms with Crippen LogP contribution in [0.2, 0.25) is 0 Å². The molecule has 1 aliphatic carbocycles. The second kappa shape index (κ2) is 18.2. The van der Waals surface area contributed by atoms with E-state index in [1.165, 1.54) is 126 Å². The van der Waals surface area contributed by atoms with Gasteiger partial charge in [-0.1, -0.05) is 250 Å². The van der Waals surface area contributed by atoms with Gasteiger partial charge in [-0.15, -0.1) is 22.7 Å². The first-order valence-electron chi connectivity index (χ1n) is 27.8. The minimum atomic E-state index is -3.19. The topological polar surface area (TPSA) is 4.93 Å². The van der Waals surface area contributed by atoms with Crippen LogP contribution in [-0.4, -0.2) is 20.7 Å². The zero-order valence-corrected chi connectivity index (χ0v) is 48.0. The van der Waals surface area contributed by atoms with E-state index in [2.05, 4.69) is 304 Å². The number of rotatable bonds is 9. The molecule has 0 N–H and O–H groups in total. The summed E-state index contributed by atoms with van der Waals surface area (Å²) in [5.74, 6) is 0. The molecule has 15 aromatic rings. The maximum absolute atomic E-state index is 3.19. The van der Waals surface area contributed by atoms with Crippen LogP contribution < -0.4 is 41.5 Å². The number of fused-ring (bicyclic) bond motifs is 12. The minimum absolute atomic E-state index is 0.110. The molecule has 0 saturated carbocycles. The second-order valence-electron chi connectivity index (χ2n) is 22.3. The Hall–Kier alpha value is -8.69. The summed E-state index contributed by atoms with van der Waals surface area (Å²) in [4.78, 5) is 0. The summed E-state index contributed by atoms with van der Waals surface area (Å²) >= 11 is 3.79. The molecule has 5 heteroatoms. The molecule has 16 rings (SSSR count). The fourth-order valence-electron chi connectivity index (χ4n) is 14.3. The van der Waals surface area contributed by atoms with E-state index in [4.69, 9.17) is 0 Å². The smallest absolute Gasteiger partial charge is 0.179 e. The number of para-hydroxylation sites is 2. The van der Waals surface area contributed by atoms with Gasteiger partial charge in [0, 0.05) is 62.2 Å². The molecule has 2 atom stereocenters. The lowest BCUT2D eigenvalue weighted by molar-refractivity contribution is 0.660. The van der Waals surface area contributed by atoms with Gasteiger partial charge < -0.3 is 4.57 Å². The van der Waals surface area contributed by atoms with Gasteiger partial charge in [0.15, 0.2) is 16.1 Å². The molecule has 1 aliphatic rings. The van der Waals surface area contributed by atoms with Crippen LogP contribution in [0.1, 0.15) is 25.0 Å². The van der Waals surface area contributed by atoms with E-state index in [0.717, 1.165) is 5.69 Å². The zero-order chi connectivity index (χ0) is 53.2. The number of benzene rings is 12. The van der Waals surface area contributed by atoms with Gasteiger partial charge in [-0.2, -0.15) is 0 Å². The Balaban J connectivity index is 0.999. The van der Waals surface area contributed by atoms with E-state index in [-0.39, 0.29) is 5.41 Å². The molecular formula is C75H53NS2Si2. The Kier molecular flexibility index (Phi) is 10.8. The maximum Gasteiger partial charge on any atom is 0.179 e. The number of hydrogen-bond acceptors (Lipinski definition) is 2. The molecule has 0 aliphatic heterocycles. The Morgan fingerprint density at radius 3 is 1.25 bits per heavy atom. The molecule has 0 bridgehead atoms. The van der Waals surface area contributed by atoms with Crippen LogP contribution in [0.25, 0.3) is 79.0 Å². The lowest BCUT2D eigenvalue weighted by Crippen LogP contribution is -2.76. The summed E-state index contributed by atoms with van der Waals surface area (Å²) in [7, 11) is -6.33. The molecule has 12 aromatic carbocycles. The van der Waals surface area contributed by atoms with Crippen molar-refractivity contribution in [3.05, 3.63) is 296 Å². The zero-order valence-electron chi connectivity index (χ0n) is 44.4. The van der Waals surface area contributed by atoms with E-state index in [1.54, 1.807) is 0 Å². The van der Waals surface area contributed by atoms with Crippen LogP contribution in [0.15, 0.2) is 285 Å². The first kappa shape index (κ1) is 47.3. The predicted molar refractivity (Wildman–Crippen MR) is 351 cm³/mol. The number of hydrogen-bond donors (Lipinski definition) is 0. The van der Waals surface area contributed by atoms with Gasteiger partial charge in [0.25, 0.3) is 0 Å². The third-order valence-corrected chi connectivity index (χ3v) is 29.7. The molecule has 0 spiro atoms. The molecule has 0 saturated heterocycles. The summed E-state index contributed by atoms with van der Waals surface area (Å²) in [5.41, 5.74) is 8.96. The van der Waals surface area contributed by atoms with Crippen LogP contribution in [-0.2, 0) is 5.41 Å². The Morgan fingerprint density at radius 2 is 0.662 bits per heavy atom. The largest absolute Gasteiger partial charge is 0.309 e. The van der Waals surface area contributed by atoms with Crippen LogP contribution >= 0.6 is 22.7 Å². The third-order valence-electron chi connectivity index (χ3n) is 17.9. The normalized spacial score (nSPS) is 14.4. The standard InChI is InChI=1S/C75H53NS2Si2/c1-75(2)67-30-16-12-26-59(67)63-46-55(38-42-68(63)75)79(51-22-8-4-9-23-51,57-40-44-73-65(48-57)61-28-14-18-32-71(61)77-73)53-34-36-54(37-35-53)80(52-24-10-5-11-25-52,58-41-45-74-66(49-58)62-29-15-19-33-72(62)78-74)56-39-43-70-64(47-56)60-27-13-17-31-69(60)76(70)50-20-6-3-7-21-50/h3-49H,1-2H3. The second-order valence-corrected chi connectivity index (χ2v) is 32.1. The first-order valence-corrected chi connectivity index (χ1v) is 33.4. The average molecular weight is 1090 g/mol. The molecule has 0 radical (unpaired) electrons. The fraction of sp³-hybridized carbons (Fsp3) is 0.0400. The van der Waals surface area contributed by atoms with Gasteiger partial charge in [0.2, 0.25) is 0 Å². The summed E-state index contributed by atoms with van der Waals surface area (Å²) < 4.78 is 7.73. The molecular weight excluding hydrogens is 1040 g/mol. The van der Waals surface area contributed by atoms with Crippen LogP contribution in [0.3, 0.4) is 0 Å². The van der Waals surface area contributed by atoms with E-state index >= 15 is 0 Å². The van der Waals surface area contributed by atoms with Gasteiger partial charge in [0.05, 0.1) is 11.0 Å². The lowest BCUT2D eigenvalue weighted by atomic mass is 9.82. The van der Waals surface area contributed by atoms with Crippen molar-refractivity contribution in [1.29, 1.82) is 0 Å². The van der Waals surface area contributed by atoms with Gasteiger partial charge in [0.1, 0.15) is 0 Å². The number of thiophene rings is 2. The summed E-state index contributed by atoms with van der Waals surface area (Å²) in [6, 6.07) is 110. The van der Waals surface area contributed by atoms with Crippen molar-refractivity contribution in [2.75, 3.05) is 0 Å². The summed E-state index contributed by atoms with van der Waals surface area (Å²) in [6.45, 7) is 4.79. The van der Waals surface area contributed by atoms with Crippen molar-refractivity contribution in [3.63, 3.8) is 0 Å². The molecule has 3 aromatic heterocycles. The minimum Gasteiger partial charge on any atom is -0.309 e. The summed E-state index contributed by atoms with van der Waals surface area (Å²) in [6.07, 6.45) is 0. The van der Waals surface area contributed by atoms with Crippen LogP contribution in [0.4, 0.5) is 0 Å². The van der Waals surface area contributed by atoms with E-state index in [9.17, 15) is 0 Å². The van der Waals surface area contributed by atoms with E-state index < -0.39 is 16.1 Å². The van der Waals surface area contributed by atoms with Crippen LogP contribution in [0, 0.1) is 0 Å². The number of aromatic nitrogens is 1. The average Bonchev–Trinajstić information content (AvgIpc) is 4.40. The predicted octanol–water partition coefficient (Wildman–Crippen LogP) is 14.6. The highest BCUT2D eigenvalue weighted by Crippen LogP contribution is 2.48. The maximum atomic E-state index is 2.61. The Labute approximate surface area is 476 Å². The molecule has 0 fully saturated rings. The first-order chi connectivity index (χ1) is 39.4. The van der Waals surface area contributed by atoms with Gasteiger partial charge >= 0.3 is 0 Å². The monoisotopic (exact) mass is 1090 g/mol. The highest BCUT2D eigenvalue weighted by atomic mass is 32.1. The van der Waals surface area contributed by atoms with E-state index in [1.807, 2.05) is 22.7 Å². The SMILES string of the molecule is CC1(C)c2ccccc2-c2cc([Si](c3ccccc3)(c3ccc([Si](c4ccccc4)(c4ccc5sc6ccccc6c5c4)c4ccc5c(c4)c4ccccc4n5-c4ccccc4)cc3)c3ccc4sc5ccccc5c4c3)ccc21. The highest BCUT2D eigenvalue weighted by Gasteiger charge is 2.46. The highest BCUT2D eigenvalue weighted by molar-refractivity contribution is 7.26. The fourth-order valence-corrected chi connectivity index (χ4v) is 25.9. The summed E-state index contributed by atoms with van der Waals surface area (Å²) in [5, 5.41) is 18.8. The van der Waals surface area contributed by atoms with Crippen molar-refractivity contribution in [3.8, 4) is 16.8 Å². The van der Waals surface area contributed by atoms with Crippen molar-refractivity contribution >= 4 is 142 Å². The van der Waals surface area contributed by atoms with Gasteiger partial charge in [-0.05, 0) is 112 Å². The quantitative estimate of drug-likeness (QED) is 0.100. The molecule has 378 valence electrons. The van der Waals surface area contributed by atoms with E-state index in [0.29, 0.717) is 0 Å². The van der Waals surface area contributed by atoms with Gasteiger partial charge in [-0.25, -0.2) is 0 Å². The molecule has 1 nitrogen and oxygen atoms in total. The van der Waals surface area contributed by atoms with Crippen LogP contribution in [0.5, 0.6) is 0 Å². The van der Waals surface area contributed by atoms with Crippen molar-refractivity contribution in [2.45, 2.75) is 19.3 Å². The van der Waals surface area contributed by atoms with Gasteiger partial charge in [-0.3, -0.25) is 0 Å². The van der Waals surface area contributed by atoms with Crippen molar-refractivity contribution in [2.24, 2.45) is 0 Å². The molecule has 80 heavy (non-hydrogen) atoms. The Morgan fingerprint density at radius 1 is 0.275 bits per heavy atom. The van der Waals surface area contributed by atoms with Crippen molar-refractivity contribution < 1.29 is 0 Å². The van der Waals surface area contributed by atoms with Crippen molar-refractivity contribution in [1.82, 2.24) is 4.57 Å². The third kappa shape index (κ3) is 6.85. The Bertz CT molecular complexity index is 4920. The molecule has 3 heterocycles. The molecule has 2 unspecified atom stereocenters. The lowest BCUT2D eigenvalue weighted by Gasteiger charge is -2.37. The molecule has 0 amide bonds.